The van der Waals surface area contributed by atoms with E-state index in [2.05, 4.69) is 0 Å². The number of halogens is 2. The van der Waals surface area contributed by atoms with Crippen LogP contribution in [0.4, 0.5) is 0 Å². The second-order valence-electron chi connectivity index (χ2n) is 4.28. The van der Waals surface area contributed by atoms with Gasteiger partial charge >= 0.3 is 0 Å². The molecule has 2 rings (SSSR count). The van der Waals surface area contributed by atoms with Crippen molar-refractivity contribution in [1.82, 2.24) is 0 Å². The van der Waals surface area contributed by atoms with Gasteiger partial charge in [-0.3, -0.25) is 0 Å². The van der Waals surface area contributed by atoms with E-state index < -0.39 is 0 Å². The predicted molar refractivity (Wildman–Crippen MR) is 69.3 cm³/mol. The second-order valence-corrected chi connectivity index (χ2v) is 4.69. The number of hydrogen-bond acceptors (Lipinski definition) is 2. The van der Waals surface area contributed by atoms with Crippen molar-refractivity contribution in [2.24, 2.45) is 11.7 Å². The molecule has 0 aromatic heterocycles. The summed E-state index contributed by atoms with van der Waals surface area (Å²) in [6.45, 7) is 0. The van der Waals surface area contributed by atoms with Crippen molar-refractivity contribution in [3.63, 3.8) is 0 Å². The van der Waals surface area contributed by atoms with Gasteiger partial charge in [-0.2, -0.15) is 0 Å². The first kappa shape index (κ1) is 13.6. The monoisotopic (exact) mass is 261 g/mol. The third-order valence-electron chi connectivity index (χ3n) is 3.26. The van der Waals surface area contributed by atoms with Crippen LogP contribution in [0.25, 0.3) is 0 Å². The third-order valence-corrected chi connectivity index (χ3v) is 3.57. The predicted octanol–water partition coefficient (Wildman–Crippen LogP) is 3.66. The van der Waals surface area contributed by atoms with E-state index in [0.29, 0.717) is 10.9 Å². The van der Waals surface area contributed by atoms with E-state index in [9.17, 15) is 5.11 Å². The van der Waals surface area contributed by atoms with Crippen LogP contribution < -0.4 is 5.73 Å². The quantitative estimate of drug-likeness (QED) is 0.854. The Labute approximate surface area is 107 Å². The molecule has 2 nitrogen and oxygen atoms in total. The van der Waals surface area contributed by atoms with Crippen molar-refractivity contribution in [1.29, 1.82) is 0 Å². The highest BCUT2D eigenvalue weighted by Gasteiger charge is 2.23. The summed E-state index contributed by atoms with van der Waals surface area (Å²) in [5.74, 6) is 0.699. The average molecular weight is 262 g/mol. The van der Waals surface area contributed by atoms with Crippen LogP contribution in [0.1, 0.15) is 37.3 Å². The number of hydrogen-bond donors (Lipinski definition) is 2. The molecular weight excluding hydrogens is 245 g/mol. The minimum atomic E-state index is 0. The molecule has 16 heavy (non-hydrogen) atoms. The van der Waals surface area contributed by atoms with Crippen LogP contribution in [0, 0.1) is 5.92 Å². The topological polar surface area (TPSA) is 46.2 Å². The van der Waals surface area contributed by atoms with Crippen molar-refractivity contribution in [2.45, 2.75) is 31.7 Å². The zero-order valence-corrected chi connectivity index (χ0v) is 10.6. The van der Waals surface area contributed by atoms with Crippen molar-refractivity contribution in [3.8, 4) is 5.75 Å². The van der Waals surface area contributed by atoms with Crippen LogP contribution in [-0.2, 0) is 0 Å². The van der Waals surface area contributed by atoms with E-state index in [-0.39, 0.29) is 24.2 Å². The first-order valence-corrected chi connectivity index (χ1v) is 5.80. The minimum Gasteiger partial charge on any atom is -0.506 e. The lowest BCUT2D eigenvalue weighted by Crippen LogP contribution is -2.18. The van der Waals surface area contributed by atoms with Crippen LogP contribution in [0.15, 0.2) is 18.2 Å². The summed E-state index contributed by atoms with van der Waals surface area (Å²) in [5.41, 5.74) is 7.21. The molecule has 4 heteroatoms. The number of nitrogens with two attached hydrogens (primary N) is 1. The van der Waals surface area contributed by atoms with Gasteiger partial charge in [0.25, 0.3) is 0 Å². The summed E-state index contributed by atoms with van der Waals surface area (Å²) in [6.07, 6.45) is 4.98. The van der Waals surface area contributed by atoms with Crippen molar-refractivity contribution >= 4 is 24.0 Å². The maximum Gasteiger partial charge on any atom is 0.134 e. The zero-order chi connectivity index (χ0) is 10.8. The Balaban J connectivity index is 0.00000128. The molecule has 1 atom stereocenters. The molecule has 1 aliphatic carbocycles. The van der Waals surface area contributed by atoms with Crippen molar-refractivity contribution < 1.29 is 5.11 Å². The van der Waals surface area contributed by atoms with Crippen molar-refractivity contribution in [2.75, 3.05) is 0 Å². The number of phenols is 1. The molecular formula is C12H17Cl2NO. The highest BCUT2D eigenvalue weighted by atomic mass is 35.5. The lowest BCUT2D eigenvalue weighted by Gasteiger charge is -2.19. The summed E-state index contributed by atoms with van der Waals surface area (Å²) in [4.78, 5) is 0. The highest BCUT2D eigenvalue weighted by molar-refractivity contribution is 6.32. The lowest BCUT2D eigenvalue weighted by atomic mass is 9.92. The molecule has 1 aromatic carbocycles. The van der Waals surface area contributed by atoms with Crippen molar-refractivity contribution in [3.05, 3.63) is 28.8 Å². The SMILES string of the molecule is Cl.N[C@H](c1ccc(O)c(Cl)c1)C1CCCC1. The molecule has 3 N–H and O–H groups in total. The molecule has 0 saturated heterocycles. The van der Waals surface area contributed by atoms with Gasteiger partial charge in [0.05, 0.1) is 5.02 Å². The van der Waals surface area contributed by atoms with E-state index in [1.807, 2.05) is 6.07 Å². The number of benzene rings is 1. The molecule has 90 valence electrons. The molecule has 1 aromatic rings. The Morgan fingerprint density at radius 1 is 1.31 bits per heavy atom. The Kier molecular flexibility index (Phi) is 4.90. The Bertz CT molecular complexity index is 351. The van der Waals surface area contributed by atoms with Gasteiger partial charge in [0.1, 0.15) is 5.75 Å². The van der Waals surface area contributed by atoms with Crippen LogP contribution in [0.5, 0.6) is 5.75 Å². The summed E-state index contributed by atoms with van der Waals surface area (Å²) in [6, 6.07) is 5.32. The molecule has 0 bridgehead atoms. The molecule has 1 fully saturated rings. The number of rotatable bonds is 2. The summed E-state index contributed by atoms with van der Waals surface area (Å²) in [5, 5.41) is 9.71. The summed E-state index contributed by atoms with van der Waals surface area (Å²) >= 11 is 5.86. The third kappa shape index (κ3) is 2.82. The van der Waals surface area contributed by atoms with Crippen LogP contribution in [-0.4, -0.2) is 5.11 Å². The van der Waals surface area contributed by atoms with Gasteiger partial charge in [-0.15, -0.1) is 12.4 Å². The fraction of sp³-hybridized carbons (Fsp3) is 0.500. The van der Waals surface area contributed by atoms with Crippen LogP contribution >= 0.6 is 24.0 Å². The largest absolute Gasteiger partial charge is 0.506 e. The lowest BCUT2D eigenvalue weighted by molar-refractivity contribution is 0.443. The summed E-state index contributed by atoms with van der Waals surface area (Å²) < 4.78 is 0. The van der Waals surface area contributed by atoms with Gasteiger partial charge in [0, 0.05) is 6.04 Å². The van der Waals surface area contributed by atoms with E-state index in [4.69, 9.17) is 17.3 Å². The molecule has 0 unspecified atom stereocenters. The van der Waals surface area contributed by atoms with Gasteiger partial charge in [0.15, 0.2) is 0 Å². The van der Waals surface area contributed by atoms with E-state index >= 15 is 0 Å². The van der Waals surface area contributed by atoms with Gasteiger partial charge in [0.2, 0.25) is 0 Å². The fourth-order valence-corrected chi connectivity index (χ4v) is 2.51. The normalized spacial score (nSPS) is 18.1. The zero-order valence-electron chi connectivity index (χ0n) is 9.03. The van der Waals surface area contributed by atoms with Crippen LogP contribution in [0.2, 0.25) is 5.02 Å². The summed E-state index contributed by atoms with van der Waals surface area (Å²) in [7, 11) is 0. The Morgan fingerprint density at radius 3 is 2.50 bits per heavy atom. The minimum absolute atomic E-state index is 0. The van der Waals surface area contributed by atoms with E-state index in [1.54, 1.807) is 12.1 Å². The van der Waals surface area contributed by atoms with Crippen LogP contribution in [0.3, 0.4) is 0 Å². The first-order chi connectivity index (χ1) is 7.18. The van der Waals surface area contributed by atoms with Gasteiger partial charge in [-0.25, -0.2) is 0 Å². The second kappa shape index (κ2) is 5.76. The molecule has 0 heterocycles. The Hall–Kier alpha value is -0.440. The molecule has 0 amide bonds. The molecule has 0 aliphatic heterocycles. The molecule has 1 saturated carbocycles. The molecule has 1 aliphatic rings. The van der Waals surface area contributed by atoms with Gasteiger partial charge in [-0.1, -0.05) is 30.5 Å². The standard InChI is InChI=1S/C12H16ClNO.ClH/c13-10-7-9(5-6-11(10)15)12(14)8-3-1-2-4-8;/h5-8,12,15H,1-4,14H2;1H/t12-;/m0./s1. The fourth-order valence-electron chi connectivity index (χ4n) is 2.32. The number of phenolic OH excluding ortho intramolecular Hbond substituents is 1. The van der Waals surface area contributed by atoms with E-state index in [0.717, 1.165) is 5.56 Å². The molecule has 0 spiro atoms. The Morgan fingerprint density at radius 2 is 1.94 bits per heavy atom. The van der Waals surface area contributed by atoms with E-state index in [1.165, 1.54) is 25.7 Å². The molecule has 0 radical (unpaired) electrons. The van der Waals surface area contributed by atoms with Gasteiger partial charge in [-0.05, 0) is 36.5 Å². The average Bonchev–Trinajstić information content (AvgIpc) is 2.74. The maximum absolute atomic E-state index is 9.32. The maximum atomic E-state index is 9.32. The number of aromatic hydroxyl groups is 1. The first-order valence-electron chi connectivity index (χ1n) is 5.42. The highest BCUT2D eigenvalue weighted by Crippen LogP contribution is 2.36. The van der Waals surface area contributed by atoms with Gasteiger partial charge < -0.3 is 10.8 Å². The smallest absolute Gasteiger partial charge is 0.134 e.